The fourth-order valence-corrected chi connectivity index (χ4v) is 5.80. The highest BCUT2D eigenvalue weighted by Crippen LogP contribution is 2.43. The monoisotopic (exact) mass is 541 g/mol. The van der Waals surface area contributed by atoms with Crippen LogP contribution in [0.4, 0.5) is 5.69 Å². The summed E-state index contributed by atoms with van der Waals surface area (Å²) in [7, 11) is -2.93. The van der Waals surface area contributed by atoms with Gasteiger partial charge in [0.15, 0.2) is 5.65 Å². The number of carbonyl (C=O) groups excluding carboxylic acids is 2. The van der Waals surface area contributed by atoms with Crippen LogP contribution in [0.25, 0.3) is 16.7 Å². The molecule has 2 aliphatic rings. The van der Waals surface area contributed by atoms with Crippen LogP contribution in [-0.2, 0) is 24.0 Å². The fraction of sp³-hybridized carbons (Fsp3) is 0.462. The van der Waals surface area contributed by atoms with Crippen LogP contribution >= 0.6 is 0 Å². The summed E-state index contributed by atoms with van der Waals surface area (Å²) in [4.78, 5) is 31.1. The van der Waals surface area contributed by atoms with E-state index < -0.39 is 22.2 Å². The Hall–Kier alpha value is -3.51. The van der Waals surface area contributed by atoms with Crippen molar-refractivity contribution in [3.05, 3.63) is 47.8 Å². The van der Waals surface area contributed by atoms with Gasteiger partial charge in [0.25, 0.3) is 5.91 Å². The zero-order valence-electron chi connectivity index (χ0n) is 21.4. The van der Waals surface area contributed by atoms with Gasteiger partial charge in [-0.15, -0.1) is 0 Å². The number of hydrogen-bond donors (Lipinski definition) is 1. The highest BCUT2D eigenvalue weighted by molar-refractivity contribution is 7.85. The van der Waals surface area contributed by atoms with Gasteiger partial charge >= 0.3 is 16.3 Å². The van der Waals surface area contributed by atoms with Gasteiger partial charge in [0.05, 0.1) is 22.5 Å². The summed E-state index contributed by atoms with van der Waals surface area (Å²) in [6, 6.07) is 11.1. The largest absolute Gasteiger partial charge is 0.412 e. The molecule has 1 saturated carbocycles. The molecule has 3 aromatic rings. The summed E-state index contributed by atoms with van der Waals surface area (Å²) >= 11 is 0. The van der Waals surface area contributed by atoms with Crippen molar-refractivity contribution in [3.63, 3.8) is 0 Å². The second-order valence-electron chi connectivity index (χ2n) is 9.83. The number of nitrogens with zero attached hydrogens (tertiary/aromatic N) is 4. The lowest BCUT2D eigenvalue weighted by molar-refractivity contribution is -0.131. The molecular weight excluding hydrogens is 510 g/mol. The Morgan fingerprint density at radius 3 is 2.42 bits per heavy atom. The molecule has 1 aromatic carbocycles. The number of aromatic nitrogens is 3. The van der Waals surface area contributed by atoms with Crippen molar-refractivity contribution < 1.29 is 26.9 Å². The average molecular weight is 542 g/mol. The third-order valence-electron chi connectivity index (χ3n) is 7.17. The molecule has 0 bridgehead atoms. The summed E-state index contributed by atoms with van der Waals surface area (Å²) in [5.74, 6) is -1.31. The summed E-state index contributed by atoms with van der Waals surface area (Å²) in [5.41, 5.74) is 2.88. The van der Waals surface area contributed by atoms with Crippen LogP contribution in [0.5, 0.6) is 0 Å². The Morgan fingerprint density at radius 1 is 1.11 bits per heavy atom. The van der Waals surface area contributed by atoms with Crippen molar-refractivity contribution in [3.8, 4) is 5.69 Å². The van der Waals surface area contributed by atoms with Crippen LogP contribution in [0.3, 0.4) is 0 Å². The number of anilines is 1. The van der Waals surface area contributed by atoms with Crippen LogP contribution in [0.2, 0.25) is 0 Å². The van der Waals surface area contributed by atoms with E-state index >= 15 is 0 Å². The molecule has 0 spiro atoms. The van der Waals surface area contributed by atoms with Gasteiger partial charge in [-0.3, -0.25) is 9.59 Å². The van der Waals surface area contributed by atoms with Crippen LogP contribution in [0.1, 0.15) is 61.1 Å². The quantitative estimate of drug-likeness (QED) is 0.457. The van der Waals surface area contributed by atoms with Gasteiger partial charge in [0.2, 0.25) is 0 Å². The van der Waals surface area contributed by atoms with E-state index in [0.717, 1.165) is 74.6 Å². The van der Waals surface area contributed by atoms with Crippen molar-refractivity contribution in [1.82, 2.24) is 19.5 Å². The molecule has 12 heteroatoms. The molecule has 2 aromatic heterocycles. The number of hydrogen-bond acceptors (Lipinski definition) is 9. The number of carbonyl (C=O) groups is 2. The molecule has 38 heavy (non-hydrogen) atoms. The van der Waals surface area contributed by atoms with E-state index in [1.807, 2.05) is 30.3 Å². The lowest BCUT2D eigenvalue weighted by Gasteiger charge is -2.34. The normalized spacial score (nSPS) is 16.8. The zero-order chi connectivity index (χ0) is 26.9. The Labute approximate surface area is 221 Å². The van der Waals surface area contributed by atoms with Crippen LogP contribution in [0.15, 0.2) is 36.4 Å². The molecule has 11 nitrogen and oxygen atoms in total. The Balaban J connectivity index is 1.64. The molecular formula is C26H31N5O6S. The number of para-hydroxylation sites is 1. The van der Waals surface area contributed by atoms with E-state index in [-0.39, 0.29) is 11.6 Å². The lowest BCUT2D eigenvalue weighted by atomic mass is 9.82. The van der Waals surface area contributed by atoms with E-state index in [0.29, 0.717) is 18.2 Å². The molecule has 2 fully saturated rings. The van der Waals surface area contributed by atoms with E-state index in [9.17, 15) is 18.0 Å². The van der Waals surface area contributed by atoms with Crippen LogP contribution in [0, 0.1) is 5.92 Å². The van der Waals surface area contributed by atoms with Gasteiger partial charge in [-0.05, 0) is 49.8 Å². The van der Waals surface area contributed by atoms with Crippen LogP contribution in [-0.4, -0.2) is 61.9 Å². The first-order valence-electron chi connectivity index (χ1n) is 12.8. The highest BCUT2D eigenvalue weighted by atomic mass is 32.2. The molecule has 1 aliphatic carbocycles. The highest BCUT2D eigenvalue weighted by Gasteiger charge is 2.32. The van der Waals surface area contributed by atoms with E-state index in [4.69, 9.17) is 9.84 Å². The van der Waals surface area contributed by atoms with Gasteiger partial charge in [-0.2, -0.15) is 13.5 Å². The number of piperidine rings is 1. The zero-order valence-corrected chi connectivity index (χ0v) is 22.2. The molecule has 0 unspecified atom stereocenters. The van der Waals surface area contributed by atoms with Gasteiger partial charge in [0.1, 0.15) is 5.69 Å². The first-order valence-corrected chi connectivity index (χ1v) is 14.2. The smallest absolute Gasteiger partial charge is 0.384 e. The van der Waals surface area contributed by atoms with Gasteiger partial charge in [-0.25, -0.2) is 14.4 Å². The summed E-state index contributed by atoms with van der Waals surface area (Å²) < 4.78 is 37.5. The van der Waals surface area contributed by atoms with Crippen molar-refractivity contribution in [1.29, 1.82) is 0 Å². The Kier molecular flexibility index (Phi) is 7.35. The maximum atomic E-state index is 13.1. The minimum Gasteiger partial charge on any atom is -0.384 e. The number of fused-ring (bicyclic) bond motifs is 1. The maximum absolute atomic E-state index is 13.1. The van der Waals surface area contributed by atoms with Crippen molar-refractivity contribution in [2.75, 3.05) is 31.7 Å². The maximum Gasteiger partial charge on any atom is 0.412 e. The van der Waals surface area contributed by atoms with Gasteiger partial charge in [-0.1, -0.05) is 24.6 Å². The SMILES string of the molecule is COCC1CCN(c2cc(C(=O)NS(=O)(=O)OC(C)=O)nc3c2c(C2CCC2)nn3-c2ccccc2)CC1. The molecule has 1 saturated heterocycles. The topological polar surface area (TPSA) is 133 Å². The Bertz CT molecular complexity index is 1440. The van der Waals surface area contributed by atoms with Gasteiger partial charge < -0.3 is 13.8 Å². The standard InChI is InChI=1S/C26H31N5O6S/c1-17(32)37-38(34,35)29-26(33)21-15-22(30-13-11-18(12-14-30)16-36-2)23-24(19-7-6-8-19)28-31(25(23)27-21)20-9-4-3-5-10-20/h3-5,9-10,15,18-19H,6-8,11-14,16H2,1-2H3,(H,29,33). The molecule has 1 N–H and O–H groups in total. The third-order valence-corrected chi connectivity index (χ3v) is 8.06. The number of methoxy groups -OCH3 is 1. The molecule has 1 amide bonds. The minimum absolute atomic E-state index is 0.112. The predicted octanol–water partition coefficient (Wildman–Crippen LogP) is 3.09. The van der Waals surface area contributed by atoms with Crippen molar-refractivity contribution in [2.24, 2.45) is 5.92 Å². The van der Waals surface area contributed by atoms with Crippen molar-refractivity contribution >= 4 is 38.9 Å². The number of benzene rings is 1. The van der Waals surface area contributed by atoms with E-state index in [1.54, 1.807) is 22.6 Å². The first-order chi connectivity index (χ1) is 18.3. The predicted molar refractivity (Wildman–Crippen MR) is 140 cm³/mol. The molecule has 3 heterocycles. The lowest BCUT2D eigenvalue weighted by Crippen LogP contribution is -2.36. The summed E-state index contributed by atoms with van der Waals surface area (Å²) in [6.07, 6.45) is 5.03. The number of amides is 1. The summed E-state index contributed by atoms with van der Waals surface area (Å²) in [6.45, 7) is 3.14. The minimum atomic E-state index is -4.64. The second-order valence-corrected chi connectivity index (χ2v) is 11.1. The van der Waals surface area contributed by atoms with Gasteiger partial charge in [0, 0.05) is 39.6 Å². The fourth-order valence-electron chi connectivity index (χ4n) is 5.12. The third kappa shape index (κ3) is 5.37. The number of ether oxygens (including phenoxy) is 1. The molecule has 5 rings (SSSR count). The van der Waals surface area contributed by atoms with Crippen molar-refractivity contribution in [2.45, 2.75) is 44.9 Å². The van der Waals surface area contributed by atoms with E-state index in [1.165, 1.54) is 0 Å². The average Bonchev–Trinajstić information content (AvgIpc) is 3.21. The molecule has 0 radical (unpaired) electrons. The second kappa shape index (κ2) is 10.7. The first kappa shape index (κ1) is 26.1. The molecule has 0 atom stereocenters. The Morgan fingerprint density at radius 2 is 1.82 bits per heavy atom. The molecule has 1 aliphatic heterocycles. The number of rotatable bonds is 8. The van der Waals surface area contributed by atoms with E-state index in [2.05, 4.69) is 14.1 Å². The number of nitrogens with one attached hydrogen (secondary N) is 1. The summed E-state index contributed by atoms with van der Waals surface area (Å²) in [5, 5.41) is 5.86. The molecule has 202 valence electrons. The van der Waals surface area contributed by atoms with Crippen LogP contribution < -0.4 is 9.62 Å². The number of pyridine rings is 1.